The summed E-state index contributed by atoms with van der Waals surface area (Å²) in [4.78, 5) is 74.6. The fourth-order valence-electron chi connectivity index (χ4n) is 7.21. The van der Waals surface area contributed by atoms with Crippen LogP contribution in [0.3, 0.4) is 0 Å². The largest absolute Gasteiger partial charge is 0.463 e. The van der Waals surface area contributed by atoms with Crippen molar-refractivity contribution >= 4 is 35.8 Å². The number of carbonyl (C=O) groups is 6. The fraction of sp³-hybridized carbons (Fsp3) is 0.442. The summed E-state index contributed by atoms with van der Waals surface area (Å²) in [5, 5.41) is 12.0. The monoisotopic (exact) mass is 836 g/mol. The van der Waals surface area contributed by atoms with Crippen molar-refractivity contribution in [2.45, 2.75) is 102 Å². The second-order valence-electron chi connectivity index (χ2n) is 14.0. The molecule has 0 saturated carbocycles. The van der Waals surface area contributed by atoms with Crippen molar-refractivity contribution in [3.63, 3.8) is 0 Å². The van der Waals surface area contributed by atoms with Gasteiger partial charge in [0.05, 0.1) is 6.61 Å². The minimum Gasteiger partial charge on any atom is -0.463 e. The van der Waals surface area contributed by atoms with Gasteiger partial charge in [-0.1, -0.05) is 91.0 Å². The van der Waals surface area contributed by atoms with Gasteiger partial charge in [-0.15, -0.1) is 0 Å². The molecule has 17 heteroatoms. The first kappa shape index (κ1) is 45.4. The van der Waals surface area contributed by atoms with Crippen LogP contribution in [0.4, 0.5) is 0 Å². The Hall–Kier alpha value is -5.72. The predicted octanol–water partition coefficient (Wildman–Crippen LogP) is 3.05. The maximum atomic E-state index is 12.7. The summed E-state index contributed by atoms with van der Waals surface area (Å²) in [6.07, 6.45) is -13.3. The number of hydrogen-bond acceptors (Lipinski definition) is 17. The van der Waals surface area contributed by atoms with Crippen molar-refractivity contribution in [1.82, 2.24) is 0 Å². The zero-order valence-corrected chi connectivity index (χ0v) is 33.9. The number of carbonyl (C=O) groups excluding carboxylic acids is 6. The van der Waals surface area contributed by atoms with Crippen molar-refractivity contribution in [1.29, 1.82) is 0 Å². The fourth-order valence-corrected chi connectivity index (χ4v) is 7.21. The molecule has 0 spiro atoms. The smallest absolute Gasteiger partial charge is 0.303 e. The zero-order valence-electron chi connectivity index (χ0n) is 33.9. The minimum absolute atomic E-state index is 0.444. The molecule has 0 radical (unpaired) electrons. The third kappa shape index (κ3) is 10.7. The summed E-state index contributed by atoms with van der Waals surface area (Å²) < 4.78 is 58.9. The Morgan fingerprint density at radius 2 is 1.02 bits per heavy atom. The van der Waals surface area contributed by atoms with Crippen LogP contribution in [0.15, 0.2) is 91.0 Å². The van der Waals surface area contributed by atoms with Gasteiger partial charge in [-0.3, -0.25) is 28.8 Å². The summed E-state index contributed by atoms with van der Waals surface area (Å²) in [5.74, 6) is -7.66. The standard InChI is InChI=1S/C43H48O17/c1-25(44)51-22-35-37(54-27(3)46)40(57-30(6)49)42(59-35,24-52-26(2)45)60-41-39(56-29(5)48)38(55-28(4)47)36(50)34(58-41)23-53-43(31-16-10-7-11-17-31,32-18-12-8-13-19-32)33-20-14-9-15-21-33/h7-21,34-41,50H,22-24H2,1-6H3. The van der Waals surface area contributed by atoms with Crippen molar-refractivity contribution in [2.75, 3.05) is 19.8 Å². The Labute approximate surface area is 346 Å². The molecular formula is C43H48O17. The molecule has 0 amide bonds. The predicted molar refractivity (Wildman–Crippen MR) is 204 cm³/mol. The number of aliphatic hydroxyl groups is 1. The molecule has 0 aromatic heterocycles. The maximum Gasteiger partial charge on any atom is 0.303 e. The Morgan fingerprint density at radius 1 is 0.567 bits per heavy atom. The normalized spacial score (nSPS) is 26.2. The molecule has 0 aliphatic carbocycles. The summed E-state index contributed by atoms with van der Waals surface area (Å²) in [7, 11) is 0. The molecule has 2 saturated heterocycles. The molecule has 322 valence electrons. The molecule has 5 rings (SSSR count). The van der Waals surface area contributed by atoms with Crippen LogP contribution in [0.2, 0.25) is 0 Å². The first-order valence-electron chi connectivity index (χ1n) is 19.0. The highest BCUT2D eigenvalue weighted by atomic mass is 16.8. The number of rotatable bonds is 16. The minimum atomic E-state index is -2.47. The van der Waals surface area contributed by atoms with Gasteiger partial charge >= 0.3 is 35.8 Å². The molecule has 9 atom stereocenters. The summed E-state index contributed by atoms with van der Waals surface area (Å²) in [6.45, 7) is 4.53. The summed E-state index contributed by atoms with van der Waals surface area (Å²) >= 11 is 0. The highest BCUT2D eigenvalue weighted by Gasteiger charge is 2.64. The van der Waals surface area contributed by atoms with Crippen LogP contribution in [0.25, 0.3) is 0 Å². The molecule has 2 aliphatic heterocycles. The van der Waals surface area contributed by atoms with E-state index in [-0.39, 0.29) is 0 Å². The van der Waals surface area contributed by atoms with E-state index >= 15 is 0 Å². The molecule has 1 N–H and O–H groups in total. The molecule has 3 aromatic carbocycles. The lowest BCUT2D eigenvalue weighted by Crippen LogP contribution is -2.65. The van der Waals surface area contributed by atoms with Crippen molar-refractivity contribution in [3.8, 4) is 0 Å². The van der Waals surface area contributed by atoms with Gasteiger partial charge in [0.25, 0.3) is 0 Å². The zero-order chi connectivity index (χ0) is 43.6. The lowest BCUT2D eigenvalue weighted by molar-refractivity contribution is -0.385. The average molecular weight is 837 g/mol. The van der Waals surface area contributed by atoms with Crippen molar-refractivity contribution in [2.24, 2.45) is 0 Å². The van der Waals surface area contributed by atoms with E-state index in [4.69, 9.17) is 47.4 Å². The Kier molecular flexibility index (Phi) is 15.1. The van der Waals surface area contributed by atoms with Gasteiger partial charge in [0, 0.05) is 41.5 Å². The first-order chi connectivity index (χ1) is 28.6. The SMILES string of the molecule is CC(=O)OCC1OC(COC(C)=O)(OC2OC(COC(c3ccccc3)(c3ccccc3)c3ccccc3)C(O)C(OC(C)=O)C2OC(C)=O)C(OC(C)=O)C1OC(C)=O. The lowest BCUT2D eigenvalue weighted by Gasteiger charge is -2.46. The van der Waals surface area contributed by atoms with Crippen LogP contribution >= 0.6 is 0 Å². The van der Waals surface area contributed by atoms with E-state index in [1.165, 1.54) is 0 Å². The molecule has 17 nitrogen and oxygen atoms in total. The maximum absolute atomic E-state index is 12.7. The molecule has 2 fully saturated rings. The van der Waals surface area contributed by atoms with Crippen LogP contribution in [-0.4, -0.2) is 116 Å². The second kappa shape index (κ2) is 20.0. The van der Waals surface area contributed by atoms with Crippen LogP contribution in [0.5, 0.6) is 0 Å². The first-order valence-corrected chi connectivity index (χ1v) is 19.0. The number of aliphatic hydroxyl groups excluding tert-OH is 1. The summed E-state index contributed by atoms with van der Waals surface area (Å²) in [5.41, 5.74) is 0.775. The molecule has 0 bridgehead atoms. The van der Waals surface area contributed by atoms with E-state index in [9.17, 15) is 33.9 Å². The van der Waals surface area contributed by atoms with E-state index in [0.717, 1.165) is 41.5 Å². The number of hydrogen-bond donors (Lipinski definition) is 1. The third-order valence-electron chi connectivity index (χ3n) is 9.51. The van der Waals surface area contributed by atoms with Crippen LogP contribution in [0, 0.1) is 0 Å². The van der Waals surface area contributed by atoms with Crippen LogP contribution in [-0.2, 0) is 81.7 Å². The van der Waals surface area contributed by atoms with Gasteiger partial charge in [0.2, 0.25) is 12.1 Å². The summed E-state index contributed by atoms with van der Waals surface area (Å²) in [6, 6.07) is 27.9. The lowest BCUT2D eigenvalue weighted by atomic mass is 9.80. The molecule has 60 heavy (non-hydrogen) atoms. The average Bonchev–Trinajstić information content (AvgIpc) is 3.47. The van der Waals surface area contributed by atoms with Gasteiger partial charge < -0.3 is 52.5 Å². The van der Waals surface area contributed by atoms with Crippen LogP contribution in [0.1, 0.15) is 58.2 Å². The van der Waals surface area contributed by atoms with E-state index in [2.05, 4.69) is 0 Å². The topological polar surface area (TPSA) is 215 Å². The Balaban J connectivity index is 1.64. The van der Waals surface area contributed by atoms with Gasteiger partial charge in [-0.25, -0.2) is 0 Å². The van der Waals surface area contributed by atoms with Crippen molar-refractivity contribution < 1.29 is 81.2 Å². The highest BCUT2D eigenvalue weighted by molar-refractivity contribution is 5.69. The van der Waals surface area contributed by atoms with E-state index in [0.29, 0.717) is 16.7 Å². The van der Waals surface area contributed by atoms with E-state index < -0.39 is 116 Å². The molecular weight excluding hydrogens is 788 g/mol. The third-order valence-corrected chi connectivity index (χ3v) is 9.51. The van der Waals surface area contributed by atoms with E-state index in [1.54, 1.807) is 0 Å². The quantitative estimate of drug-likeness (QED) is 0.125. The van der Waals surface area contributed by atoms with Gasteiger partial charge in [-0.2, -0.15) is 0 Å². The second-order valence-corrected chi connectivity index (χ2v) is 14.0. The highest BCUT2D eigenvalue weighted by Crippen LogP contribution is 2.43. The number of esters is 6. The molecule has 2 heterocycles. The molecule has 2 aliphatic rings. The number of ether oxygens (including phenoxy) is 10. The molecule has 3 aromatic rings. The van der Waals surface area contributed by atoms with Crippen molar-refractivity contribution in [3.05, 3.63) is 108 Å². The number of benzene rings is 3. The van der Waals surface area contributed by atoms with Crippen LogP contribution < -0.4 is 0 Å². The van der Waals surface area contributed by atoms with Gasteiger partial charge in [-0.05, 0) is 16.7 Å². The Bertz CT molecular complexity index is 1860. The molecule has 9 unspecified atom stereocenters. The van der Waals surface area contributed by atoms with Gasteiger partial charge in [0.15, 0.2) is 24.4 Å². The Morgan fingerprint density at radius 3 is 1.47 bits per heavy atom. The van der Waals surface area contributed by atoms with E-state index in [1.807, 2.05) is 91.0 Å². The van der Waals surface area contributed by atoms with Gasteiger partial charge in [0.1, 0.15) is 37.1 Å².